The molecule has 0 unspecified atom stereocenters. The van der Waals surface area contributed by atoms with Gasteiger partial charge in [-0.05, 0) is 38.8 Å². The molecular weight excluding hydrogens is 328 g/mol. The minimum absolute atomic E-state index is 0.0721. The van der Waals surface area contributed by atoms with Crippen molar-refractivity contribution in [2.45, 2.75) is 32.7 Å². The molecule has 1 saturated heterocycles. The maximum atomic E-state index is 12.4. The van der Waals surface area contributed by atoms with E-state index < -0.39 is 10.0 Å². The molecule has 1 fully saturated rings. The topological polar surface area (TPSA) is 75.7 Å². The van der Waals surface area contributed by atoms with Crippen molar-refractivity contribution in [3.05, 3.63) is 30.3 Å². The highest BCUT2D eigenvalue weighted by molar-refractivity contribution is 7.89. The second kappa shape index (κ2) is 8.48. The number of rotatable bonds is 7. The summed E-state index contributed by atoms with van der Waals surface area (Å²) in [6.45, 7) is 4.66. The Morgan fingerprint density at radius 2 is 2.08 bits per heavy atom. The predicted octanol–water partition coefficient (Wildman–Crippen LogP) is 1.63. The maximum Gasteiger partial charge on any atom is 0.224 e. The molecular formula is C17H26N2O4S. The largest absolute Gasteiger partial charge is 0.491 e. The van der Waals surface area contributed by atoms with Gasteiger partial charge in [-0.25, -0.2) is 12.7 Å². The quantitative estimate of drug-likeness (QED) is 0.807. The SMILES string of the molecule is CCS(=O)(=O)N1CCC[C@@H](C(=O)N[C@@H](C)COc2ccccc2)C1. The van der Waals surface area contributed by atoms with Gasteiger partial charge in [0.05, 0.1) is 17.7 Å². The van der Waals surface area contributed by atoms with Crippen molar-refractivity contribution in [1.29, 1.82) is 0 Å². The molecule has 24 heavy (non-hydrogen) atoms. The Balaban J connectivity index is 1.82. The first kappa shape index (κ1) is 18.7. The molecule has 1 heterocycles. The van der Waals surface area contributed by atoms with Crippen molar-refractivity contribution in [2.75, 3.05) is 25.4 Å². The third-order valence-electron chi connectivity index (χ3n) is 4.14. The summed E-state index contributed by atoms with van der Waals surface area (Å²) in [6, 6.07) is 9.28. The molecule has 1 aliphatic rings. The molecule has 0 radical (unpaired) electrons. The van der Waals surface area contributed by atoms with Crippen LogP contribution in [-0.2, 0) is 14.8 Å². The van der Waals surface area contributed by atoms with E-state index in [0.717, 1.165) is 5.75 Å². The highest BCUT2D eigenvalue weighted by Gasteiger charge is 2.31. The van der Waals surface area contributed by atoms with E-state index in [1.165, 1.54) is 4.31 Å². The third-order valence-corrected chi connectivity index (χ3v) is 5.99. The fraction of sp³-hybridized carbons (Fsp3) is 0.588. The molecule has 1 aromatic carbocycles. The molecule has 0 aromatic heterocycles. The van der Waals surface area contributed by atoms with Crippen LogP contribution in [0.1, 0.15) is 26.7 Å². The number of hydrogen-bond acceptors (Lipinski definition) is 4. The Hall–Kier alpha value is -1.60. The van der Waals surface area contributed by atoms with Crippen molar-refractivity contribution in [1.82, 2.24) is 9.62 Å². The van der Waals surface area contributed by atoms with Crippen molar-refractivity contribution in [3.63, 3.8) is 0 Å². The second-order valence-corrected chi connectivity index (χ2v) is 8.39. The van der Waals surface area contributed by atoms with E-state index in [4.69, 9.17) is 4.74 Å². The molecule has 1 N–H and O–H groups in total. The van der Waals surface area contributed by atoms with Gasteiger partial charge >= 0.3 is 0 Å². The Morgan fingerprint density at radius 1 is 1.38 bits per heavy atom. The lowest BCUT2D eigenvalue weighted by atomic mass is 9.98. The van der Waals surface area contributed by atoms with Gasteiger partial charge in [0, 0.05) is 13.1 Å². The van der Waals surface area contributed by atoms with Gasteiger partial charge in [-0.3, -0.25) is 4.79 Å². The molecule has 7 heteroatoms. The summed E-state index contributed by atoms with van der Waals surface area (Å²) in [5, 5.41) is 2.92. The van der Waals surface area contributed by atoms with Crippen molar-refractivity contribution in [3.8, 4) is 5.75 Å². The monoisotopic (exact) mass is 354 g/mol. The fourth-order valence-electron chi connectivity index (χ4n) is 2.73. The zero-order chi connectivity index (χ0) is 17.6. The number of carbonyl (C=O) groups is 1. The number of nitrogens with one attached hydrogen (secondary N) is 1. The zero-order valence-electron chi connectivity index (χ0n) is 14.3. The first-order valence-electron chi connectivity index (χ1n) is 8.38. The summed E-state index contributed by atoms with van der Waals surface area (Å²) in [7, 11) is -3.23. The van der Waals surface area contributed by atoms with Gasteiger partial charge < -0.3 is 10.1 Å². The normalized spacial score (nSPS) is 20.3. The Kier molecular flexibility index (Phi) is 6.62. The van der Waals surface area contributed by atoms with Crippen LogP contribution in [0.25, 0.3) is 0 Å². The van der Waals surface area contributed by atoms with Gasteiger partial charge in [-0.2, -0.15) is 0 Å². The van der Waals surface area contributed by atoms with Crippen molar-refractivity contribution in [2.24, 2.45) is 5.92 Å². The number of carbonyl (C=O) groups excluding carboxylic acids is 1. The smallest absolute Gasteiger partial charge is 0.224 e. The van der Waals surface area contributed by atoms with Crippen LogP contribution >= 0.6 is 0 Å². The van der Waals surface area contributed by atoms with Crippen molar-refractivity contribution < 1.29 is 17.9 Å². The molecule has 1 aliphatic heterocycles. The lowest BCUT2D eigenvalue weighted by Crippen LogP contribution is -2.48. The number of nitrogens with zero attached hydrogens (tertiary/aromatic N) is 1. The molecule has 0 bridgehead atoms. The fourth-order valence-corrected chi connectivity index (χ4v) is 3.91. The molecule has 1 amide bonds. The Bertz CT molecular complexity index is 633. The van der Waals surface area contributed by atoms with Crippen LogP contribution in [0.4, 0.5) is 0 Å². The molecule has 0 spiro atoms. The van der Waals surface area contributed by atoms with Gasteiger partial charge in [0.25, 0.3) is 0 Å². The number of benzene rings is 1. The molecule has 0 aliphatic carbocycles. The van der Waals surface area contributed by atoms with E-state index in [9.17, 15) is 13.2 Å². The van der Waals surface area contributed by atoms with Crippen LogP contribution in [0.15, 0.2) is 30.3 Å². The van der Waals surface area contributed by atoms with Gasteiger partial charge in [0.2, 0.25) is 15.9 Å². The molecule has 0 saturated carbocycles. The molecule has 6 nitrogen and oxygen atoms in total. The summed E-state index contributed by atoms with van der Waals surface area (Å²) in [5.41, 5.74) is 0. The third kappa shape index (κ3) is 5.21. The average molecular weight is 354 g/mol. The molecule has 1 aromatic rings. The van der Waals surface area contributed by atoms with Gasteiger partial charge in [0.15, 0.2) is 0 Å². The molecule has 2 atom stereocenters. The standard InChI is InChI=1S/C17H26N2O4S/c1-3-24(21,22)19-11-7-8-15(12-19)17(20)18-14(2)13-23-16-9-5-4-6-10-16/h4-6,9-10,14-15H,3,7-8,11-13H2,1-2H3,(H,18,20)/t14-,15+/m0/s1. The highest BCUT2D eigenvalue weighted by atomic mass is 32.2. The van der Waals surface area contributed by atoms with E-state index in [1.807, 2.05) is 37.3 Å². The lowest BCUT2D eigenvalue weighted by molar-refractivity contribution is -0.126. The van der Waals surface area contributed by atoms with Crippen LogP contribution in [0.3, 0.4) is 0 Å². The van der Waals surface area contributed by atoms with Crippen LogP contribution in [-0.4, -0.2) is 50.1 Å². The minimum atomic E-state index is -3.23. The second-order valence-electron chi connectivity index (χ2n) is 6.13. The lowest BCUT2D eigenvalue weighted by Gasteiger charge is -2.31. The number of amides is 1. The predicted molar refractivity (Wildman–Crippen MR) is 93.3 cm³/mol. The zero-order valence-corrected chi connectivity index (χ0v) is 15.1. The van der Waals surface area contributed by atoms with E-state index in [1.54, 1.807) is 6.92 Å². The summed E-state index contributed by atoms with van der Waals surface area (Å²) in [5.74, 6) is 0.439. The van der Waals surface area contributed by atoms with E-state index >= 15 is 0 Å². The first-order chi connectivity index (χ1) is 11.4. The van der Waals surface area contributed by atoms with E-state index in [0.29, 0.717) is 26.0 Å². The number of piperidine rings is 1. The molecule has 134 valence electrons. The molecule has 2 rings (SSSR count). The van der Waals surface area contributed by atoms with Crippen LogP contribution in [0.2, 0.25) is 0 Å². The summed E-state index contributed by atoms with van der Waals surface area (Å²) in [4.78, 5) is 12.4. The van der Waals surface area contributed by atoms with Gasteiger partial charge in [-0.1, -0.05) is 18.2 Å². The summed E-state index contributed by atoms with van der Waals surface area (Å²) >= 11 is 0. The van der Waals surface area contributed by atoms with Gasteiger partial charge in [-0.15, -0.1) is 0 Å². The first-order valence-corrected chi connectivity index (χ1v) is 9.99. The maximum absolute atomic E-state index is 12.4. The van der Waals surface area contributed by atoms with Crippen LogP contribution in [0, 0.1) is 5.92 Å². The minimum Gasteiger partial charge on any atom is -0.491 e. The highest BCUT2D eigenvalue weighted by Crippen LogP contribution is 2.20. The van der Waals surface area contributed by atoms with Crippen LogP contribution in [0.5, 0.6) is 5.75 Å². The Labute approximate surface area is 144 Å². The number of ether oxygens (including phenoxy) is 1. The Morgan fingerprint density at radius 3 is 2.75 bits per heavy atom. The summed E-state index contributed by atoms with van der Waals surface area (Å²) in [6.07, 6.45) is 1.43. The van der Waals surface area contributed by atoms with Crippen molar-refractivity contribution >= 4 is 15.9 Å². The number of para-hydroxylation sites is 1. The number of sulfonamides is 1. The van der Waals surface area contributed by atoms with Gasteiger partial charge in [0.1, 0.15) is 12.4 Å². The number of hydrogen-bond donors (Lipinski definition) is 1. The van der Waals surface area contributed by atoms with Crippen LogP contribution < -0.4 is 10.1 Å². The summed E-state index contributed by atoms with van der Waals surface area (Å²) < 4.78 is 31.0. The average Bonchev–Trinajstić information content (AvgIpc) is 2.61. The van der Waals surface area contributed by atoms with E-state index in [2.05, 4.69) is 5.32 Å². The van der Waals surface area contributed by atoms with E-state index in [-0.39, 0.29) is 30.2 Å².